The van der Waals surface area contributed by atoms with E-state index in [-0.39, 0.29) is 23.7 Å². The summed E-state index contributed by atoms with van der Waals surface area (Å²) < 4.78 is 29.2. The van der Waals surface area contributed by atoms with Gasteiger partial charge in [-0.05, 0) is 41.5 Å². The molecular formula is C32H21F2N7O. The van der Waals surface area contributed by atoms with Gasteiger partial charge in [-0.2, -0.15) is 5.10 Å². The molecule has 8 nitrogen and oxygen atoms in total. The minimum atomic E-state index is -0.480. The van der Waals surface area contributed by atoms with Crippen LogP contribution in [0.2, 0.25) is 0 Å². The quantitative estimate of drug-likeness (QED) is 0.211. The second-order valence-corrected chi connectivity index (χ2v) is 9.78. The normalized spacial score (nSPS) is 11.3. The van der Waals surface area contributed by atoms with Gasteiger partial charge in [-0.3, -0.25) is 14.9 Å². The molecule has 4 aromatic heterocycles. The molecule has 0 spiro atoms. The van der Waals surface area contributed by atoms with Crippen molar-refractivity contribution in [3.63, 3.8) is 0 Å². The molecule has 0 saturated carbocycles. The van der Waals surface area contributed by atoms with E-state index in [1.807, 2.05) is 36.4 Å². The maximum atomic E-state index is 15.3. The Balaban J connectivity index is 1.24. The highest BCUT2D eigenvalue weighted by molar-refractivity contribution is 5.98. The molecule has 4 heterocycles. The van der Waals surface area contributed by atoms with Gasteiger partial charge < -0.3 is 10.3 Å². The Hall–Kier alpha value is -5.77. The van der Waals surface area contributed by atoms with Crippen molar-refractivity contribution in [1.82, 2.24) is 30.1 Å². The predicted octanol–water partition coefficient (Wildman–Crippen LogP) is 6.69. The number of halogens is 2. The summed E-state index contributed by atoms with van der Waals surface area (Å²) in [4.78, 5) is 29.1. The maximum Gasteiger partial charge on any atom is 0.228 e. The Morgan fingerprint density at radius 1 is 0.881 bits per heavy atom. The monoisotopic (exact) mass is 557 g/mol. The number of rotatable bonds is 6. The SMILES string of the molecule is O=C(Cc1ccccc1)Nc1cncc(-c2cc3c(-c4nc5nccc(-c6cccc(F)c6)c5[nH]4)n[nH]c3cc2F)c1. The Bertz CT molecular complexity index is 2100. The van der Waals surface area contributed by atoms with E-state index in [0.29, 0.717) is 50.4 Å². The Morgan fingerprint density at radius 3 is 2.62 bits per heavy atom. The van der Waals surface area contributed by atoms with Crippen molar-refractivity contribution in [3.8, 4) is 33.8 Å². The molecule has 7 aromatic rings. The van der Waals surface area contributed by atoms with E-state index in [0.717, 1.165) is 11.1 Å². The van der Waals surface area contributed by atoms with Crippen molar-refractivity contribution in [1.29, 1.82) is 0 Å². The molecule has 0 atom stereocenters. The fraction of sp³-hybridized carbons (Fsp3) is 0.0312. The summed E-state index contributed by atoms with van der Waals surface area (Å²) in [6.45, 7) is 0. The van der Waals surface area contributed by atoms with Crippen LogP contribution in [0.5, 0.6) is 0 Å². The molecule has 1 amide bonds. The number of nitrogens with one attached hydrogen (secondary N) is 3. The Morgan fingerprint density at radius 2 is 1.76 bits per heavy atom. The average molecular weight is 558 g/mol. The van der Waals surface area contributed by atoms with Crippen molar-refractivity contribution >= 4 is 33.7 Å². The third kappa shape index (κ3) is 4.75. The molecule has 3 N–H and O–H groups in total. The number of imidazole rings is 1. The molecule has 7 rings (SSSR count). The number of hydrogen-bond acceptors (Lipinski definition) is 5. The fourth-order valence-corrected chi connectivity index (χ4v) is 5.00. The minimum absolute atomic E-state index is 0.204. The van der Waals surface area contributed by atoms with Crippen LogP contribution < -0.4 is 5.32 Å². The second-order valence-electron chi connectivity index (χ2n) is 9.78. The summed E-state index contributed by atoms with van der Waals surface area (Å²) in [6, 6.07) is 22.2. The highest BCUT2D eigenvalue weighted by atomic mass is 19.1. The van der Waals surface area contributed by atoms with Gasteiger partial charge in [-0.1, -0.05) is 42.5 Å². The van der Waals surface area contributed by atoms with Gasteiger partial charge in [0.25, 0.3) is 0 Å². The number of pyridine rings is 2. The van der Waals surface area contributed by atoms with E-state index in [2.05, 4.69) is 35.5 Å². The summed E-state index contributed by atoms with van der Waals surface area (Å²) in [5, 5.41) is 10.7. The lowest BCUT2D eigenvalue weighted by molar-refractivity contribution is -0.115. The van der Waals surface area contributed by atoms with Crippen LogP contribution in [0.4, 0.5) is 14.5 Å². The lowest BCUT2D eigenvalue weighted by Crippen LogP contribution is -2.14. The van der Waals surface area contributed by atoms with Gasteiger partial charge in [0.05, 0.1) is 29.3 Å². The summed E-state index contributed by atoms with van der Waals surface area (Å²) in [5.41, 5.74) is 5.53. The molecule has 0 aliphatic carbocycles. The average Bonchev–Trinajstić information content (AvgIpc) is 3.61. The zero-order chi connectivity index (χ0) is 28.6. The summed E-state index contributed by atoms with van der Waals surface area (Å²) in [6.07, 6.45) is 4.87. The predicted molar refractivity (Wildman–Crippen MR) is 156 cm³/mol. The summed E-state index contributed by atoms with van der Waals surface area (Å²) in [7, 11) is 0. The first-order valence-corrected chi connectivity index (χ1v) is 13.1. The molecule has 0 unspecified atom stereocenters. The lowest BCUT2D eigenvalue weighted by atomic mass is 10.0. The second kappa shape index (κ2) is 10.3. The molecule has 3 aromatic carbocycles. The third-order valence-corrected chi connectivity index (χ3v) is 6.94. The van der Waals surface area contributed by atoms with Crippen molar-refractivity contribution in [2.75, 3.05) is 5.32 Å². The largest absolute Gasteiger partial charge is 0.335 e. The van der Waals surface area contributed by atoms with Gasteiger partial charge in [0.1, 0.15) is 17.3 Å². The summed E-state index contributed by atoms with van der Waals surface area (Å²) >= 11 is 0. The smallest absolute Gasteiger partial charge is 0.228 e. The van der Waals surface area contributed by atoms with Crippen molar-refractivity contribution in [2.24, 2.45) is 0 Å². The highest BCUT2D eigenvalue weighted by Crippen LogP contribution is 2.34. The number of anilines is 1. The molecule has 0 fully saturated rings. The van der Waals surface area contributed by atoms with Crippen LogP contribution in [0, 0.1) is 11.6 Å². The molecule has 204 valence electrons. The zero-order valence-corrected chi connectivity index (χ0v) is 21.9. The number of carbonyl (C=O) groups is 1. The van der Waals surface area contributed by atoms with Crippen LogP contribution >= 0.6 is 0 Å². The molecule has 0 aliphatic rings. The molecule has 42 heavy (non-hydrogen) atoms. The van der Waals surface area contributed by atoms with Crippen LogP contribution in [0.3, 0.4) is 0 Å². The van der Waals surface area contributed by atoms with Crippen LogP contribution in [0.1, 0.15) is 5.56 Å². The van der Waals surface area contributed by atoms with Crippen LogP contribution in [0.25, 0.3) is 55.8 Å². The van der Waals surface area contributed by atoms with Crippen LogP contribution in [0.15, 0.2) is 97.5 Å². The van der Waals surface area contributed by atoms with E-state index in [9.17, 15) is 9.18 Å². The Labute approximate surface area is 237 Å². The van der Waals surface area contributed by atoms with E-state index in [4.69, 9.17) is 0 Å². The number of H-pyrrole nitrogens is 2. The summed E-state index contributed by atoms with van der Waals surface area (Å²) in [5.74, 6) is -0.610. The van der Waals surface area contributed by atoms with E-state index < -0.39 is 5.82 Å². The number of nitrogens with zero attached hydrogens (tertiary/aromatic N) is 4. The van der Waals surface area contributed by atoms with Crippen molar-refractivity contribution < 1.29 is 13.6 Å². The first kappa shape index (κ1) is 25.2. The third-order valence-electron chi connectivity index (χ3n) is 6.94. The number of fused-ring (bicyclic) bond motifs is 2. The van der Waals surface area contributed by atoms with Crippen LogP contribution in [-0.4, -0.2) is 36.0 Å². The van der Waals surface area contributed by atoms with Gasteiger partial charge in [0, 0.05) is 40.5 Å². The fourth-order valence-electron chi connectivity index (χ4n) is 5.00. The molecule has 0 aliphatic heterocycles. The highest BCUT2D eigenvalue weighted by Gasteiger charge is 2.19. The minimum Gasteiger partial charge on any atom is -0.335 e. The van der Waals surface area contributed by atoms with E-state index >= 15 is 4.39 Å². The maximum absolute atomic E-state index is 15.3. The van der Waals surface area contributed by atoms with Crippen molar-refractivity contribution in [2.45, 2.75) is 6.42 Å². The molecular weight excluding hydrogens is 536 g/mol. The van der Waals surface area contributed by atoms with Gasteiger partial charge >= 0.3 is 0 Å². The number of aromatic nitrogens is 6. The van der Waals surface area contributed by atoms with Gasteiger partial charge in [0.15, 0.2) is 11.5 Å². The van der Waals surface area contributed by atoms with Gasteiger partial charge in [-0.25, -0.2) is 18.7 Å². The van der Waals surface area contributed by atoms with Crippen LogP contribution in [-0.2, 0) is 11.2 Å². The number of hydrogen-bond donors (Lipinski definition) is 3. The molecule has 10 heteroatoms. The molecule has 0 saturated heterocycles. The topological polar surface area (TPSA) is 112 Å². The van der Waals surface area contributed by atoms with Gasteiger partial charge in [-0.15, -0.1) is 0 Å². The lowest BCUT2D eigenvalue weighted by Gasteiger charge is -2.09. The molecule has 0 radical (unpaired) electrons. The number of carbonyl (C=O) groups excluding carboxylic acids is 1. The van der Waals surface area contributed by atoms with E-state index in [1.54, 1.807) is 30.5 Å². The van der Waals surface area contributed by atoms with Gasteiger partial charge in [0.2, 0.25) is 5.91 Å². The standard InChI is InChI=1S/C32H21F2N7O/c33-21-8-4-7-19(12-21)23-9-10-36-31-29(23)38-32(39-31)30-25-14-24(26(34)15-27(25)40-41-30)20-13-22(17-35-16-20)37-28(42)11-18-5-2-1-3-6-18/h1-10,12-17H,11H2,(H,37,42)(H,40,41)(H,36,38,39). The number of benzene rings is 3. The Kier molecular flexibility index (Phi) is 6.20. The number of amides is 1. The van der Waals surface area contributed by atoms with Crippen molar-refractivity contribution in [3.05, 3.63) is 115 Å². The zero-order valence-electron chi connectivity index (χ0n) is 21.9. The first-order chi connectivity index (χ1) is 20.5. The first-order valence-electron chi connectivity index (χ1n) is 13.1. The molecule has 0 bridgehead atoms. The van der Waals surface area contributed by atoms with E-state index in [1.165, 1.54) is 30.6 Å². The number of aromatic amines is 2.